The molecule has 1 N–H and O–H groups in total. The van der Waals surface area contributed by atoms with Crippen LogP contribution >= 0.6 is 11.8 Å². The van der Waals surface area contributed by atoms with Crippen LogP contribution in [0.15, 0.2) is 22.2 Å². The molecule has 0 saturated heterocycles. The van der Waals surface area contributed by atoms with Crippen LogP contribution in [0.5, 0.6) is 0 Å². The van der Waals surface area contributed by atoms with E-state index in [0.717, 1.165) is 28.2 Å². The molecule has 6 nitrogen and oxygen atoms in total. The third-order valence-corrected chi connectivity index (χ3v) is 4.74. The normalized spacial score (nSPS) is 17.1. The lowest BCUT2D eigenvalue weighted by atomic mass is 9.98. The van der Waals surface area contributed by atoms with Gasteiger partial charge in [0, 0.05) is 21.4 Å². The van der Waals surface area contributed by atoms with Crippen LogP contribution in [0.2, 0.25) is 0 Å². The molecular formula is C16H20N2O4S. The maximum absolute atomic E-state index is 12.0. The van der Waals surface area contributed by atoms with Crippen LogP contribution in [0.1, 0.15) is 54.7 Å². The summed E-state index contributed by atoms with van der Waals surface area (Å²) in [5, 5.41) is 5.37. The largest absolute Gasteiger partial charge is 0.444 e. The molecule has 1 aromatic carbocycles. The van der Waals surface area contributed by atoms with Crippen molar-refractivity contribution in [2.24, 2.45) is 5.18 Å². The number of thioether (sulfide) groups is 1. The minimum Gasteiger partial charge on any atom is -0.444 e. The molecule has 0 aromatic heterocycles. The number of amides is 2. The first-order valence-electron chi connectivity index (χ1n) is 7.36. The molecule has 2 amide bonds. The maximum atomic E-state index is 12.0. The summed E-state index contributed by atoms with van der Waals surface area (Å²) in [5.41, 5.74) is 1.42. The number of carbonyl (C=O) groups excluding carboxylic acids is 2. The van der Waals surface area contributed by atoms with Crippen LogP contribution in [-0.4, -0.2) is 23.4 Å². The van der Waals surface area contributed by atoms with E-state index in [9.17, 15) is 14.5 Å². The summed E-state index contributed by atoms with van der Waals surface area (Å²) in [4.78, 5) is 35.0. The molecule has 0 saturated carbocycles. The molecule has 1 aromatic rings. The van der Waals surface area contributed by atoms with E-state index in [4.69, 9.17) is 4.74 Å². The van der Waals surface area contributed by atoms with Gasteiger partial charge in [0.25, 0.3) is 0 Å². The van der Waals surface area contributed by atoms with Gasteiger partial charge >= 0.3 is 12.0 Å². The third kappa shape index (κ3) is 4.10. The maximum Gasteiger partial charge on any atom is 0.408 e. The van der Waals surface area contributed by atoms with Gasteiger partial charge in [0.1, 0.15) is 5.60 Å². The van der Waals surface area contributed by atoms with Crippen molar-refractivity contribution in [3.05, 3.63) is 33.7 Å². The number of nitrogens with one attached hydrogen (secondary N) is 1. The Morgan fingerprint density at radius 3 is 2.65 bits per heavy atom. The van der Waals surface area contributed by atoms with E-state index >= 15 is 0 Å². The summed E-state index contributed by atoms with van der Waals surface area (Å²) in [5.74, 6) is 0.0358. The number of hydrogen-bond acceptors (Lipinski definition) is 5. The van der Waals surface area contributed by atoms with Gasteiger partial charge in [0.05, 0.1) is 6.04 Å². The summed E-state index contributed by atoms with van der Waals surface area (Å²) in [6.45, 7) is 7.23. The second-order valence-corrected chi connectivity index (χ2v) is 7.49. The Kier molecular flexibility index (Phi) is 5.09. The average Bonchev–Trinajstić information content (AvgIpc) is 2.45. The van der Waals surface area contributed by atoms with Crippen molar-refractivity contribution in [2.45, 2.75) is 50.7 Å². The van der Waals surface area contributed by atoms with Gasteiger partial charge in [0.2, 0.25) is 0 Å². The predicted molar refractivity (Wildman–Crippen MR) is 88.8 cm³/mol. The number of nitrogens with zero attached hydrogens (tertiary/aromatic N) is 1. The molecule has 124 valence electrons. The van der Waals surface area contributed by atoms with E-state index in [1.807, 2.05) is 20.8 Å². The van der Waals surface area contributed by atoms with Crippen LogP contribution in [0.25, 0.3) is 0 Å². The summed E-state index contributed by atoms with van der Waals surface area (Å²) in [7, 11) is 0. The Morgan fingerprint density at radius 2 is 2.04 bits per heavy atom. The van der Waals surface area contributed by atoms with Crippen LogP contribution in [0, 0.1) is 11.8 Å². The van der Waals surface area contributed by atoms with Crippen LogP contribution in [0.3, 0.4) is 0 Å². The zero-order chi connectivity index (χ0) is 17.2. The van der Waals surface area contributed by atoms with Gasteiger partial charge in [-0.3, -0.25) is 4.79 Å². The molecule has 0 bridgehead atoms. The number of ether oxygens (including phenoxy) is 1. The van der Waals surface area contributed by atoms with Crippen molar-refractivity contribution in [3.63, 3.8) is 0 Å². The van der Waals surface area contributed by atoms with Crippen LogP contribution < -0.4 is 5.32 Å². The van der Waals surface area contributed by atoms with Crippen molar-refractivity contribution >= 4 is 23.8 Å². The highest BCUT2D eigenvalue weighted by Gasteiger charge is 2.27. The van der Waals surface area contributed by atoms with E-state index < -0.39 is 17.6 Å². The van der Waals surface area contributed by atoms with Crippen molar-refractivity contribution in [1.82, 2.24) is 5.32 Å². The molecule has 0 spiro atoms. The molecule has 23 heavy (non-hydrogen) atoms. The Morgan fingerprint density at radius 1 is 1.35 bits per heavy atom. The Labute approximate surface area is 139 Å². The zero-order valence-electron chi connectivity index (χ0n) is 13.6. The smallest absolute Gasteiger partial charge is 0.408 e. The predicted octanol–water partition coefficient (Wildman–Crippen LogP) is 3.96. The van der Waals surface area contributed by atoms with Gasteiger partial charge in [0.15, 0.2) is 0 Å². The first-order valence-corrected chi connectivity index (χ1v) is 8.35. The second kappa shape index (κ2) is 6.70. The topological polar surface area (TPSA) is 84.8 Å². The van der Waals surface area contributed by atoms with Crippen molar-refractivity contribution in [3.8, 4) is 0 Å². The number of fused-ring (bicyclic) bond motifs is 1. The van der Waals surface area contributed by atoms with Crippen molar-refractivity contribution < 1.29 is 14.3 Å². The highest BCUT2D eigenvalue weighted by molar-refractivity contribution is 7.99. The van der Waals surface area contributed by atoms with E-state index in [1.54, 1.807) is 30.8 Å². The fourth-order valence-corrected chi connectivity index (χ4v) is 3.75. The van der Waals surface area contributed by atoms with Gasteiger partial charge in [-0.2, -0.15) is 0 Å². The second-order valence-electron chi connectivity index (χ2n) is 6.39. The molecule has 0 radical (unpaired) electrons. The fourth-order valence-electron chi connectivity index (χ4n) is 2.49. The monoisotopic (exact) mass is 336 g/mol. The molecular weight excluding hydrogens is 316 g/mol. The summed E-state index contributed by atoms with van der Waals surface area (Å²) in [6, 6.07) is 3.19. The standard InChI is InChI=1S/C16H20N2O4S/c1-9-10(14(19)18-21)5-6-11-12(7-8-23-13(9)11)17-15(20)22-16(2,3)4/h5-6,12H,7-8H2,1-4H3,(H,17,20). The van der Waals surface area contributed by atoms with Crippen molar-refractivity contribution in [2.75, 3.05) is 5.75 Å². The van der Waals surface area contributed by atoms with Gasteiger partial charge < -0.3 is 10.1 Å². The molecule has 0 aliphatic carbocycles. The first-order chi connectivity index (χ1) is 10.7. The molecule has 1 aliphatic rings. The number of alkyl carbamates (subject to hydrolysis) is 1. The van der Waals surface area contributed by atoms with Gasteiger partial charge in [-0.25, -0.2) is 4.79 Å². The molecule has 7 heteroatoms. The number of rotatable bonds is 2. The van der Waals surface area contributed by atoms with E-state index in [2.05, 4.69) is 10.5 Å². The summed E-state index contributed by atoms with van der Waals surface area (Å²) in [6.07, 6.45) is 0.308. The summed E-state index contributed by atoms with van der Waals surface area (Å²) >= 11 is 1.61. The van der Waals surface area contributed by atoms with Gasteiger partial charge in [-0.15, -0.1) is 16.7 Å². The van der Waals surface area contributed by atoms with Crippen LogP contribution in [0.4, 0.5) is 4.79 Å². The molecule has 1 atom stereocenters. The van der Waals surface area contributed by atoms with E-state index in [1.165, 1.54) is 0 Å². The fraction of sp³-hybridized carbons (Fsp3) is 0.500. The lowest BCUT2D eigenvalue weighted by Gasteiger charge is -2.29. The highest BCUT2D eigenvalue weighted by atomic mass is 32.2. The molecule has 1 unspecified atom stereocenters. The first kappa shape index (κ1) is 17.5. The average molecular weight is 336 g/mol. The summed E-state index contributed by atoms with van der Waals surface area (Å²) < 4.78 is 5.30. The number of benzene rings is 1. The SMILES string of the molecule is Cc1c(C(=O)N=O)ccc2c1SCCC2NC(=O)OC(C)(C)C. The quantitative estimate of drug-likeness (QED) is 0.826. The van der Waals surface area contributed by atoms with E-state index in [-0.39, 0.29) is 6.04 Å². The molecule has 1 heterocycles. The molecule has 0 fully saturated rings. The van der Waals surface area contributed by atoms with Crippen molar-refractivity contribution in [1.29, 1.82) is 0 Å². The van der Waals surface area contributed by atoms with Crippen LogP contribution in [-0.2, 0) is 4.74 Å². The van der Waals surface area contributed by atoms with Gasteiger partial charge in [-0.05, 0) is 51.3 Å². The highest BCUT2D eigenvalue weighted by Crippen LogP contribution is 2.39. The zero-order valence-corrected chi connectivity index (χ0v) is 14.5. The number of hydrogen-bond donors (Lipinski definition) is 1. The number of nitroso groups, excluding NO2 is 1. The Bertz CT molecular complexity index is 652. The third-order valence-electron chi connectivity index (χ3n) is 3.47. The van der Waals surface area contributed by atoms with Gasteiger partial charge in [-0.1, -0.05) is 6.07 Å². The lowest BCUT2D eigenvalue weighted by molar-refractivity contribution is 0.0501. The van der Waals surface area contributed by atoms with E-state index in [0.29, 0.717) is 5.56 Å². The number of carbonyl (C=O) groups is 2. The minimum absolute atomic E-state index is 0.173. The lowest BCUT2D eigenvalue weighted by Crippen LogP contribution is -2.36. The molecule has 1 aliphatic heterocycles. The minimum atomic E-state index is -0.770. The Balaban J connectivity index is 2.26. The Hall–Kier alpha value is -1.89. The molecule has 2 rings (SSSR count).